The molecule has 0 aromatic carbocycles. The smallest absolute Gasteiger partial charge is 0.417 e. The Balaban J connectivity index is 1.34. The number of halogens is 3. The van der Waals surface area contributed by atoms with Gasteiger partial charge < -0.3 is 19.9 Å². The summed E-state index contributed by atoms with van der Waals surface area (Å²) in [6, 6.07) is 6.67. The van der Waals surface area contributed by atoms with Crippen LogP contribution < -0.4 is 10.1 Å². The Kier molecular flexibility index (Phi) is 6.15. The van der Waals surface area contributed by atoms with E-state index in [1.165, 1.54) is 12.4 Å². The zero-order valence-electron chi connectivity index (χ0n) is 19.2. The van der Waals surface area contributed by atoms with Crippen molar-refractivity contribution in [3.63, 3.8) is 0 Å². The molecule has 4 aromatic rings. The van der Waals surface area contributed by atoms with Crippen LogP contribution in [0.15, 0.2) is 43.0 Å². The van der Waals surface area contributed by atoms with Crippen LogP contribution >= 0.6 is 0 Å². The largest absolute Gasteiger partial charge is 0.473 e. The highest BCUT2D eigenvalue weighted by Gasteiger charge is 2.31. The number of likely N-dealkylation sites (N-methyl/N-ethyl adjacent to an activating group) is 1. The van der Waals surface area contributed by atoms with Crippen LogP contribution in [0.5, 0.6) is 5.88 Å². The number of H-pyrrole nitrogens is 1. The van der Waals surface area contributed by atoms with E-state index in [0.29, 0.717) is 18.0 Å². The van der Waals surface area contributed by atoms with Gasteiger partial charge >= 0.3 is 6.18 Å². The van der Waals surface area contributed by atoms with Crippen molar-refractivity contribution in [3.05, 3.63) is 59.7 Å². The molecule has 4 aromatic heterocycles. The van der Waals surface area contributed by atoms with Crippen LogP contribution in [0.2, 0.25) is 0 Å². The van der Waals surface area contributed by atoms with Gasteiger partial charge in [-0.05, 0) is 25.1 Å². The standard InChI is InChI=1S/C24H21F3N8O/c1-35-5-4-17(13-35)36-20-3-2-14(8-29-20)9-32-23-33-10-15(7-28)21(34-23)19-12-31-22-18(19)6-16(11-30-22)24(25,26)27/h2-3,6,8,10-12,17H,4-5,9,13H2,1H3,(H,30,31)(H,32,33,34)/t17-/m1/s1. The van der Waals surface area contributed by atoms with Crippen LogP contribution in [-0.2, 0) is 12.7 Å². The molecule has 5 heterocycles. The monoisotopic (exact) mass is 494 g/mol. The molecule has 1 aliphatic rings. The number of fused-ring (bicyclic) bond motifs is 1. The van der Waals surface area contributed by atoms with E-state index in [1.54, 1.807) is 12.3 Å². The molecule has 9 nitrogen and oxygen atoms in total. The van der Waals surface area contributed by atoms with Gasteiger partial charge in [0.15, 0.2) is 0 Å². The first-order valence-electron chi connectivity index (χ1n) is 11.2. The normalized spacial score (nSPS) is 16.2. The summed E-state index contributed by atoms with van der Waals surface area (Å²) >= 11 is 0. The van der Waals surface area contributed by atoms with Gasteiger partial charge in [-0.25, -0.2) is 19.9 Å². The zero-order chi connectivity index (χ0) is 25.3. The minimum absolute atomic E-state index is 0.125. The number of pyridine rings is 2. The summed E-state index contributed by atoms with van der Waals surface area (Å²) in [5.74, 6) is 0.773. The van der Waals surface area contributed by atoms with Crippen molar-refractivity contribution in [1.29, 1.82) is 5.26 Å². The number of hydrogen-bond donors (Lipinski definition) is 2. The summed E-state index contributed by atoms with van der Waals surface area (Å²) in [6.07, 6.45) is 1.81. The maximum Gasteiger partial charge on any atom is 0.417 e. The molecule has 0 amide bonds. The molecule has 0 aliphatic carbocycles. The van der Waals surface area contributed by atoms with Gasteiger partial charge in [0.1, 0.15) is 17.8 Å². The van der Waals surface area contributed by atoms with E-state index in [0.717, 1.165) is 37.3 Å². The van der Waals surface area contributed by atoms with Crippen LogP contribution in [-0.4, -0.2) is 56.1 Å². The van der Waals surface area contributed by atoms with Gasteiger partial charge in [-0.3, -0.25) is 0 Å². The molecule has 1 atom stereocenters. The number of nitrogens with zero attached hydrogens (tertiary/aromatic N) is 6. The van der Waals surface area contributed by atoms with Crippen molar-refractivity contribution in [2.24, 2.45) is 0 Å². The number of likely N-dealkylation sites (tertiary alicyclic amines) is 1. The molecule has 0 saturated carbocycles. The Labute approximate surface area is 204 Å². The first kappa shape index (κ1) is 23.5. The molecule has 0 radical (unpaired) electrons. The second-order valence-corrected chi connectivity index (χ2v) is 8.54. The molecule has 1 fully saturated rings. The summed E-state index contributed by atoms with van der Waals surface area (Å²) in [5, 5.41) is 12.8. The molecule has 0 bridgehead atoms. The number of aromatic nitrogens is 5. The quantitative estimate of drug-likeness (QED) is 0.413. The first-order valence-corrected chi connectivity index (χ1v) is 11.2. The lowest BCUT2D eigenvalue weighted by atomic mass is 10.1. The third kappa shape index (κ3) is 4.92. The molecule has 0 spiro atoms. The van der Waals surface area contributed by atoms with Crippen molar-refractivity contribution >= 4 is 17.0 Å². The lowest BCUT2D eigenvalue weighted by Gasteiger charge is -2.13. The third-order valence-corrected chi connectivity index (χ3v) is 5.91. The van der Waals surface area contributed by atoms with Crippen LogP contribution in [0.3, 0.4) is 0 Å². The fourth-order valence-corrected chi connectivity index (χ4v) is 4.04. The molecule has 184 valence electrons. The molecule has 1 aliphatic heterocycles. The summed E-state index contributed by atoms with van der Waals surface area (Å²) in [5.41, 5.74) is 0.873. The molecule has 2 N–H and O–H groups in total. The third-order valence-electron chi connectivity index (χ3n) is 5.91. The fraction of sp³-hybridized carbons (Fsp3) is 0.292. The minimum Gasteiger partial charge on any atom is -0.473 e. The number of nitriles is 1. The van der Waals surface area contributed by atoms with E-state index in [-0.39, 0.29) is 34.3 Å². The Bertz CT molecular complexity index is 1430. The predicted octanol–water partition coefficient (Wildman–Crippen LogP) is 4.00. The van der Waals surface area contributed by atoms with Gasteiger partial charge in [-0.2, -0.15) is 18.4 Å². The summed E-state index contributed by atoms with van der Waals surface area (Å²) in [6.45, 7) is 2.21. The van der Waals surface area contributed by atoms with Gasteiger partial charge in [0.2, 0.25) is 11.8 Å². The summed E-state index contributed by atoms with van der Waals surface area (Å²) < 4.78 is 45.6. The highest BCUT2D eigenvalue weighted by molar-refractivity contribution is 5.94. The number of anilines is 1. The van der Waals surface area contributed by atoms with Crippen molar-refractivity contribution in [2.45, 2.75) is 25.2 Å². The van der Waals surface area contributed by atoms with E-state index in [1.807, 2.05) is 12.1 Å². The highest BCUT2D eigenvalue weighted by Crippen LogP contribution is 2.34. The van der Waals surface area contributed by atoms with E-state index in [4.69, 9.17) is 4.74 Å². The van der Waals surface area contributed by atoms with Crippen LogP contribution in [0, 0.1) is 11.3 Å². The average Bonchev–Trinajstić information content (AvgIpc) is 3.48. The number of ether oxygens (including phenoxy) is 1. The van der Waals surface area contributed by atoms with E-state index in [9.17, 15) is 18.4 Å². The topological polar surface area (TPSA) is 116 Å². The van der Waals surface area contributed by atoms with Crippen molar-refractivity contribution in [3.8, 4) is 23.2 Å². The molecule has 0 unspecified atom stereocenters. The number of aromatic amines is 1. The van der Waals surface area contributed by atoms with Gasteiger partial charge in [0, 0.05) is 55.2 Å². The maximum atomic E-state index is 13.2. The Morgan fingerprint density at radius 2 is 2.08 bits per heavy atom. The predicted molar refractivity (Wildman–Crippen MR) is 125 cm³/mol. The second-order valence-electron chi connectivity index (χ2n) is 8.54. The Hall–Kier alpha value is -4.24. The van der Waals surface area contributed by atoms with E-state index < -0.39 is 11.7 Å². The SMILES string of the molecule is CN1CC[C@@H](Oc2ccc(CNc3ncc(C#N)c(-c4c[nH]c5ncc(C(F)(F)F)cc45)n3)cn2)C1. The number of rotatable bonds is 6. The highest BCUT2D eigenvalue weighted by atomic mass is 19.4. The van der Waals surface area contributed by atoms with E-state index in [2.05, 4.69) is 42.2 Å². The van der Waals surface area contributed by atoms with Crippen molar-refractivity contribution in [1.82, 2.24) is 29.8 Å². The van der Waals surface area contributed by atoms with Crippen LogP contribution in [0.1, 0.15) is 23.1 Å². The van der Waals surface area contributed by atoms with Gasteiger partial charge in [0.05, 0.1) is 23.0 Å². The van der Waals surface area contributed by atoms with Crippen molar-refractivity contribution in [2.75, 3.05) is 25.5 Å². The lowest BCUT2D eigenvalue weighted by Crippen LogP contribution is -2.21. The molecule has 12 heteroatoms. The van der Waals surface area contributed by atoms with Gasteiger partial charge in [-0.15, -0.1) is 0 Å². The average molecular weight is 494 g/mol. The Morgan fingerprint density at radius 3 is 2.78 bits per heavy atom. The number of alkyl halides is 3. The molecule has 1 saturated heterocycles. The number of hydrogen-bond acceptors (Lipinski definition) is 8. The minimum atomic E-state index is -4.55. The maximum absolute atomic E-state index is 13.2. The summed E-state index contributed by atoms with van der Waals surface area (Å²) in [4.78, 5) is 21.8. The fourth-order valence-electron chi connectivity index (χ4n) is 4.04. The van der Waals surface area contributed by atoms with Gasteiger partial charge in [-0.1, -0.05) is 6.07 Å². The molecular weight excluding hydrogens is 473 g/mol. The molecule has 36 heavy (non-hydrogen) atoms. The Morgan fingerprint density at radius 1 is 1.22 bits per heavy atom. The lowest BCUT2D eigenvalue weighted by molar-refractivity contribution is -0.137. The molecule has 5 rings (SSSR count). The number of nitrogens with one attached hydrogen (secondary N) is 2. The molecular formula is C24H21F3N8O. The van der Waals surface area contributed by atoms with Gasteiger partial charge in [0.25, 0.3) is 0 Å². The summed E-state index contributed by atoms with van der Waals surface area (Å²) in [7, 11) is 2.05. The first-order chi connectivity index (χ1) is 17.3. The van der Waals surface area contributed by atoms with Crippen LogP contribution in [0.25, 0.3) is 22.3 Å². The zero-order valence-corrected chi connectivity index (χ0v) is 19.2. The van der Waals surface area contributed by atoms with Crippen LogP contribution in [0.4, 0.5) is 19.1 Å². The van der Waals surface area contributed by atoms with Crippen molar-refractivity contribution < 1.29 is 17.9 Å². The second kappa shape index (κ2) is 9.43. The van der Waals surface area contributed by atoms with E-state index >= 15 is 0 Å².